The molecule has 0 saturated carbocycles. The lowest BCUT2D eigenvalue weighted by Crippen LogP contribution is -1.89. The molecule has 0 aliphatic rings. The van der Waals surface area contributed by atoms with Gasteiger partial charge in [0.05, 0.1) is 14.7 Å². The van der Waals surface area contributed by atoms with Crippen LogP contribution in [0.3, 0.4) is 0 Å². The second-order valence-electron chi connectivity index (χ2n) is 4.24. The number of benzene rings is 2. The maximum Gasteiger partial charge on any atom is 0.188 e. The first-order chi connectivity index (χ1) is 9.11. The Morgan fingerprint density at radius 3 is 2.84 bits per heavy atom. The third-order valence-corrected chi connectivity index (χ3v) is 4.26. The number of aromatic nitrogens is 1. The van der Waals surface area contributed by atoms with Gasteiger partial charge in [-0.1, -0.05) is 17.4 Å². The smallest absolute Gasteiger partial charge is 0.188 e. The topological polar surface area (TPSA) is 24.9 Å². The number of nitrogens with zero attached hydrogens (tertiary/aromatic N) is 1. The van der Waals surface area contributed by atoms with E-state index in [1.54, 1.807) is 23.5 Å². The molecule has 1 heterocycles. The molecule has 0 amide bonds. The van der Waals surface area contributed by atoms with Crippen LogP contribution in [0.2, 0.25) is 0 Å². The number of aryl methyl sites for hydroxylation is 1. The van der Waals surface area contributed by atoms with Gasteiger partial charge < -0.3 is 5.32 Å². The minimum atomic E-state index is -0.273. The Kier molecular flexibility index (Phi) is 3.24. The maximum absolute atomic E-state index is 13.2. The van der Waals surface area contributed by atoms with Crippen LogP contribution < -0.4 is 5.32 Å². The fourth-order valence-electron chi connectivity index (χ4n) is 1.78. The van der Waals surface area contributed by atoms with Crippen molar-refractivity contribution in [3.8, 4) is 0 Å². The summed E-state index contributed by atoms with van der Waals surface area (Å²) >= 11 is 4.76. The Morgan fingerprint density at radius 2 is 2.05 bits per heavy atom. The standard InChI is InChI=1S/C14H10BrFN2S/c1-8-2-5-12-13(6-8)19-14(18-12)17-9-3-4-11(16)10(15)7-9/h2-7H,1H3,(H,17,18). The summed E-state index contributed by atoms with van der Waals surface area (Å²) in [5.74, 6) is -0.273. The zero-order valence-electron chi connectivity index (χ0n) is 10.1. The molecule has 0 radical (unpaired) electrons. The number of halogens is 2. The van der Waals surface area contributed by atoms with Gasteiger partial charge in [-0.2, -0.15) is 0 Å². The van der Waals surface area contributed by atoms with Crippen molar-refractivity contribution < 1.29 is 4.39 Å². The third-order valence-electron chi connectivity index (χ3n) is 2.71. The van der Waals surface area contributed by atoms with Crippen molar-refractivity contribution in [3.05, 3.63) is 52.3 Å². The van der Waals surface area contributed by atoms with Gasteiger partial charge in [0.15, 0.2) is 5.13 Å². The third kappa shape index (κ3) is 2.62. The molecule has 3 rings (SSSR count). The molecule has 1 N–H and O–H groups in total. The first-order valence-corrected chi connectivity index (χ1v) is 7.32. The first kappa shape index (κ1) is 12.6. The Hall–Kier alpha value is -1.46. The second kappa shape index (κ2) is 4.90. The van der Waals surface area contributed by atoms with E-state index in [4.69, 9.17) is 0 Å². The van der Waals surface area contributed by atoms with Crippen molar-refractivity contribution in [2.45, 2.75) is 6.92 Å². The summed E-state index contributed by atoms with van der Waals surface area (Å²) in [7, 11) is 0. The van der Waals surface area contributed by atoms with Crippen molar-refractivity contribution in [3.63, 3.8) is 0 Å². The van der Waals surface area contributed by atoms with Crippen LogP contribution in [0.25, 0.3) is 10.2 Å². The predicted molar refractivity (Wildman–Crippen MR) is 81.7 cm³/mol. The van der Waals surface area contributed by atoms with Gasteiger partial charge in [-0.15, -0.1) is 0 Å². The number of hydrogen-bond donors (Lipinski definition) is 1. The fourth-order valence-corrected chi connectivity index (χ4v) is 3.15. The van der Waals surface area contributed by atoms with Gasteiger partial charge >= 0.3 is 0 Å². The van der Waals surface area contributed by atoms with Gasteiger partial charge in [0.25, 0.3) is 0 Å². The number of anilines is 2. The highest BCUT2D eigenvalue weighted by atomic mass is 79.9. The van der Waals surface area contributed by atoms with E-state index in [9.17, 15) is 4.39 Å². The molecule has 1 aromatic heterocycles. The average molecular weight is 337 g/mol. The molecule has 0 bridgehead atoms. The van der Waals surface area contributed by atoms with E-state index in [0.717, 1.165) is 21.0 Å². The van der Waals surface area contributed by atoms with Crippen molar-refractivity contribution in [1.29, 1.82) is 0 Å². The zero-order valence-corrected chi connectivity index (χ0v) is 12.5. The Balaban J connectivity index is 1.94. The molecule has 0 fully saturated rings. The lowest BCUT2D eigenvalue weighted by Gasteiger charge is -2.03. The lowest BCUT2D eigenvalue weighted by atomic mass is 10.2. The van der Waals surface area contributed by atoms with Crippen LogP contribution >= 0.6 is 27.3 Å². The van der Waals surface area contributed by atoms with Crippen LogP contribution in [0.4, 0.5) is 15.2 Å². The van der Waals surface area contributed by atoms with Crippen LogP contribution in [0.1, 0.15) is 5.56 Å². The molecule has 5 heteroatoms. The molecule has 19 heavy (non-hydrogen) atoms. The van der Waals surface area contributed by atoms with Gasteiger partial charge in [-0.25, -0.2) is 9.37 Å². The summed E-state index contributed by atoms with van der Waals surface area (Å²) < 4.78 is 14.7. The first-order valence-electron chi connectivity index (χ1n) is 5.71. The van der Waals surface area contributed by atoms with Crippen LogP contribution in [0, 0.1) is 12.7 Å². The van der Waals surface area contributed by atoms with Crippen molar-refractivity contribution in [2.24, 2.45) is 0 Å². The molecule has 0 saturated heterocycles. The molecular weight excluding hydrogens is 327 g/mol. The van der Waals surface area contributed by atoms with E-state index in [1.165, 1.54) is 11.6 Å². The highest BCUT2D eigenvalue weighted by molar-refractivity contribution is 9.10. The lowest BCUT2D eigenvalue weighted by molar-refractivity contribution is 0.621. The number of thiazole rings is 1. The predicted octanol–water partition coefficient (Wildman–Crippen LogP) is 5.25. The van der Waals surface area contributed by atoms with Gasteiger partial charge in [-0.3, -0.25) is 0 Å². The zero-order chi connectivity index (χ0) is 13.4. The fraction of sp³-hybridized carbons (Fsp3) is 0.0714. The number of hydrogen-bond acceptors (Lipinski definition) is 3. The molecule has 3 aromatic rings. The normalized spacial score (nSPS) is 10.9. The average Bonchev–Trinajstić information content (AvgIpc) is 2.75. The molecule has 0 spiro atoms. The van der Waals surface area contributed by atoms with Crippen LogP contribution in [0.5, 0.6) is 0 Å². The van der Waals surface area contributed by atoms with Crippen LogP contribution in [0.15, 0.2) is 40.9 Å². The van der Waals surface area contributed by atoms with Crippen molar-refractivity contribution in [1.82, 2.24) is 4.98 Å². The van der Waals surface area contributed by atoms with E-state index < -0.39 is 0 Å². The monoisotopic (exact) mass is 336 g/mol. The SMILES string of the molecule is Cc1ccc2nc(Nc3ccc(F)c(Br)c3)sc2c1. The summed E-state index contributed by atoms with van der Waals surface area (Å²) in [5, 5.41) is 4.00. The van der Waals surface area contributed by atoms with E-state index in [-0.39, 0.29) is 5.82 Å². The molecule has 96 valence electrons. The number of rotatable bonds is 2. The van der Waals surface area contributed by atoms with Gasteiger partial charge in [-0.05, 0) is 58.7 Å². The summed E-state index contributed by atoms with van der Waals surface area (Å²) in [6, 6.07) is 11.0. The number of fused-ring (bicyclic) bond motifs is 1. The highest BCUT2D eigenvalue weighted by Gasteiger charge is 2.05. The molecule has 2 aromatic carbocycles. The molecule has 2 nitrogen and oxygen atoms in total. The minimum Gasteiger partial charge on any atom is -0.331 e. The summed E-state index contributed by atoms with van der Waals surface area (Å²) in [4.78, 5) is 4.50. The van der Waals surface area contributed by atoms with Crippen LogP contribution in [-0.2, 0) is 0 Å². The van der Waals surface area contributed by atoms with E-state index >= 15 is 0 Å². The summed E-state index contributed by atoms with van der Waals surface area (Å²) in [6.07, 6.45) is 0. The molecule has 0 unspecified atom stereocenters. The molecule has 0 aliphatic carbocycles. The summed E-state index contributed by atoms with van der Waals surface area (Å²) in [6.45, 7) is 2.06. The highest BCUT2D eigenvalue weighted by Crippen LogP contribution is 2.30. The molecule has 0 atom stereocenters. The van der Waals surface area contributed by atoms with Crippen LogP contribution in [-0.4, -0.2) is 4.98 Å². The molecular formula is C14H10BrFN2S. The van der Waals surface area contributed by atoms with Gasteiger partial charge in [0, 0.05) is 5.69 Å². The van der Waals surface area contributed by atoms with Crippen molar-refractivity contribution in [2.75, 3.05) is 5.32 Å². The quantitative estimate of drug-likeness (QED) is 0.691. The van der Waals surface area contributed by atoms with E-state index in [1.807, 2.05) is 12.1 Å². The Labute approximate surface area is 122 Å². The van der Waals surface area contributed by atoms with E-state index in [0.29, 0.717) is 4.47 Å². The Bertz CT molecular complexity index is 754. The number of nitrogens with one attached hydrogen (secondary N) is 1. The largest absolute Gasteiger partial charge is 0.331 e. The van der Waals surface area contributed by atoms with Gasteiger partial charge in [0.1, 0.15) is 5.82 Å². The summed E-state index contributed by atoms with van der Waals surface area (Å²) in [5.41, 5.74) is 3.00. The molecule has 0 aliphatic heterocycles. The Morgan fingerprint density at radius 1 is 1.21 bits per heavy atom. The second-order valence-corrected chi connectivity index (χ2v) is 6.13. The maximum atomic E-state index is 13.2. The van der Waals surface area contributed by atoms with E-state index in [2.05, 4.69) is 39.2 Å². The minimum absolute atomic E-state index is 0.273. The van der Waals surface area contributed by atoms with Gasteiger partial charge in [0.2, 0.25) is 0 Å². The van der Waals surface area contributed by atoms with Crippen molar-refractivity contribution >= 4 is 48.3 Å².